The van der Waals surface area contributed by atoms with Crippen LogP contribution in [0.15, 0.2) is 0 Å². The van der Waals surface area contributed by atoms with Gasteiger partial charge in [-0.1, -0.05) is 6.42 Å². The zero-order chi connectivity index (χ0) is 16.3. The van der Waals surface area contributed by atoms with E-state index in [1.165, 1.54) is 4.31 Å². The van der Waals surface area contributed by atoms with E-state index in [9.17, 15) is 16.8 Å². The molecule has 0 radical (unpaired) electrons. The number of piperidine rings is 1. The van der Waals surface area contributed by atoms with E-state index in [4.69, 9.17) is 0 Å². The van der Waals surface area contributed by atoms with Crippen LogP contribution in [0.3, 0.4) is 0 Å². The molecule has 1 N–H and O–H groups in total. The van der Waals surface area contributed by atoms with Crippen molar-refractivity contribution >= 4 is 19.9 Å². The Hall–Kier alpha value is -0.180. The topological polar surface area (TPSA) is 83.6 Å². The largest absolute Gasteiger partial charge is 0.310 e. The van der Waals surface area contributed by atoms with Crippen LogP contribution >= 0.6 is 0 Å². The smallest absolute Gasteiger partial charge is 0.215 e. The number of nitrogens with zero attached hydrogens (tertiary/aromatic N) is 1. The highest BCUT2D eigenvalue weighted by Crippen LogP contribution is 2.21. The van der Waals surface area contributed by atoms with Crippen molar-refractivity contribution in [3.8, 4) is 0 Å². The first-order valence-electron chi connectivity index (χ1n) is 7.33. The van der Waals surface area contributed by atoms with Crippen molar-refractivity contribution in [2.75, 3.05) is 30.9 Å². The Morgan fingerprint density at radius 2 is 1.71 bits per heavy atom. The van der Waals surface area contributed by atoms with Crippen LogP contribution in [-0.4, -0.2) is 63.6 Å². The number of sulfone groups is 1. The van der Waals surface area contributed by atoms with Gasteiger partial charge in [-0.05, 0) is 33.6 Å². The summed E-state index contributed by atoms with van der Waals surface area (Å²) in [4.78, 5) is 0. The van der Waals surface area contributed by atoms with Gasteiger partial charge in [0.15, 0.2) is 0 Å². The summed E-state index contributed by atoms with van der Waals surface area (Å²) in [5, 5.41) is 3.34. The molecule has 0 saturated carbocycles. The number of sulfonamides is 1. The third-order valence-corrected chi connectivity index (χ3v) is 6.63. The minimum Gasteiger partial charge on any atom is -0.310 e. The maximum absolute atomic E-state index is 12.4. The van der Waals surface area contributed by atoms with Crippen molar-refractivity contribution < 1.29 is 16.8 Å². The van der Waals surface area contributed by atoms with Gasteiger partial charge in [0.2, 0.25) is 10.0 Å². The first-order chi connectivity index (χ1) is 9.41. The lowest BCUT2D eigenvalue weighted by molar-refractivity contribution is 0.231. The molecule has 1 unspecified atom stereocenters. The van der Waals surface area contributed by atoms with E-state index in [2.05, 4.69) is 5.32 Å². The van der Waals surface area contributed by atoms with Crippen LogP contribution in [0, 0.1) is 0 Å². The van der Waals surface area contributed by atoms with E-state index in [1.54, 1.807) is 0 Å². The van der Waals surface area contributed by atoms with E-state index in [-0.39, 0.29) is 23.1 Å². The molecule has 1 heterocycles. The molecule has 1 aliphatic heterocycles. The highest BCUT2D eigenvalue weighted by atomic mass is 32.2. The third kappa shape index (κ3) is 7.08. The fraction of sp³-hybridized carbons (Fsp3) is 1.00. The molecule has 6 nitrogen and oxygen atoms in total. The number of rotatable bonds is 6. The van der Waals surface area contributed by atoms with Crippen molar-refractivity contribution in [3.63, 3.8) is 0 Å². The minimum atomic E-state index is -3.52. The summed E-state index contributed by atoms with van der Waals surface area (Å²) < 4.78 is 48.7. The Morgan fingerprint density at radius 1 is 1.10 bits per heavy atom. The molecule has 0 amide bonds. The average molecular weight is 341 g/mol. The summed E-state index contributed by atoms with van der Waals surface area (Å²) >= 11 is 0. The highest BCUT2D eigenvalue weighted by molar-refractivity contribution is 7.93. The summed E-state index contributed by atoms with van der Waals surface area (Å²) in [7, 11) is -6.79. The van der Waals surface area contributed by atoms with Gasteiger partial charge < -0.3 is 5.32 Å². The molecule has 1 fully saturated rings. The maximum atomic E-state index is 12.4. The predicted octanol–water partition coefficient (Wildman–Crippen LogP) is 0.603. The SMILES string of the molecule is CC(C)(C)NCC1CCCCN1S(=O)(=O)CCS(C)(=O)=O. The zero-order valence-electron chi connectivity index (χ0n) is 13.4. The maximum Gasteiger partial charge on any atom is 0.215 e. The summed E-state index contributed by atoms with van der Waals surface area (Å²) in [5.74, 6) is -0.636. The molecule has 0 aliphatic carbocycles. The second-order valence-electron chi connectivity index (χ2n) is 6.84. The van der Waals surface area contributed by atoms with E-state index < -0.39 is 19.9 Å². The first kappa shape index (κ1) is 18.9. The second kappa shape index (κ2) is 6.93. The molecule has 1 saturated heterocycles. The van der Waals surface area contributed by atoms with Gasteiger partial charge in [0.25, 0.3) is 0 Å². The van der Waals surface area contributed by atoms with Crippen molar-refractivity contribution in [3.05, 3.63) is 0 Å². The van der Waals surface area contributed by atoms with Crippen LogP contribution in [0.5, 0.6) is 0 Å². The fourth-order valence-corrected chi connectivity index (χ4v) is 5.67. The van der Waals surface area contributed by atoms with Crippen LogP contribution < -0.4 is 5.32 Å². The highest BCUT2D eigenvalue weighted by Gasteiger charge is 2.33. The fourth-order valence-electron chi connectivity index (χ4n) is 2.34. The van der Waals surface area contributed by atoms with Crippen molar-refractivity contribution in [2.24, 2.45) is 0 Å². The Bertz CT molecular complexity index is 535. The van der Waals surface area contributed by atoms with Crippen LogP contribution in [-0.2, 0) is 19.9 Å². The van der Waals surface area contributed by atoms with E-state index in [0.29, 0.717) is 13.1 Å². The lowest BCUT2D eigenvalue weighted by atomic mass is 10.0. The van der Waals surface area contributed by atoms with Crippen molar-refractivity contribution in [2.45, 2.75) is 51.6 Å². The molecule has 1 aliphatic rings. The van der Waals surface area contributed by atoms with Crippen LogP contribution in [0.1, 0.15) is 40.0 Å². The van der Waals surface area contributed by atoms with Crippen LogP contribution in [0.25, 0.3) is 0 Å². The Balaban J connectivity index is 2.75. The zero-order valence-corrected chi connectivity index (χ0v) is 15.1. The van der Waals surface area contributed by atoms with Crippen LogP contribution in [0.2, 0.25) is 0 Å². The lowest BCUT2D eigenvalue weighted by Crippen LogP contribution is -2.52. The van der Waals surface area contributed by atoms with Gasteiger partial charge in [0.1, 0.15) is 9.84 Å². The first-order valence-corrected chi connectivity index (χ1v) is 11.0. The van der Waals surface area contributed by atoms with Gasteiger partial charge in [0.05, 0.1) is 11.5 Å². The van der Waals surface area contributed by atoms with Gasteiger partial charge in [-0.15, -0.1) is 0 Å². The van der Waals surface area contributed by atoms with E-state index in [0.717, 1.165) is 25.5 Å². The van der Waals surface area contributed by atoms with Crippen molar-refractivity contribution in [1.29, 1.82) is 0 Å². The third-order valence-electron chi connectivity index (χ3n) is 3.51. The molecular weight excluding hydrogens is 312 g/mol. The van der Waals surface area contributed by atoms with E-state index in [1.807, 2.05) is 20.8 Å². The Morgan fingerprint density at radius 3 is 2.24 bits per heavy atom. The van der Waals surface area contributed by atoms with Gasteiger partial charge in [0, 0.05) is 30.9 Å². The molecule has 0 aromatic carbocycles. The molecule has 1 atom stereocenters. The minimum absolute atomic E-state index is 0.0698. The van der Waals surface area contributed by atoms with Crippen molar-refractivity contribution in [1.82, 2.24) is 9.62 Å². The predicted molar refractivity (Wildman–Crippen MR) is 85.6 cm³/mol. The number of nitrogens with one attached hydrogen (secondary N) is 1. The summed E-state index contributed by atoms with van der Waals surface area (Å²) in [6.45, 7) is 7.21. The monoisotopic (exact) mass is 340 g/mol. The summed E-state index contributed by atoms with van der Waals surface area (Å²) in [6.07, 6.45) is 3.73. The standard InChI is InChI=1S/C13H28N2O4S2/c1-13(2,3)14-11-12-7-5-6-8-15(12)21(18,19)10-9-20(4,16)17/h12,14H,5-11H2,1-4H3. The van der Waals surface area contributed by atoms with Gasteiger partial charge in [-0.2, -0.15) is 4.31 Å². The Kier molecular flexibility index (Phi) is 6.23. The molecule has 0 aromatic heterocycles. The quantitative estimate of drug-likeness (QED) is 0.766. The average Bonchev–Trinajstić information content (AvgIpc) is 2.33. The second-order valence-corrected chi connectivity index (χ2v) is 11.1. The molecule has 0 bridgehead atoms. The van der Waals surface area contributed by atoms with Gasteiger partial charge >= 0.3 is 0 Å². The Labute approximate surface area is 129 Å². The van der Waals surface area contributed by atoms with Gasteiger partial charge in [-0.25, -0.2) is 16.8 Å². The normalized spacial score (nSPS) is 22.4. The molecular formula is C13H28N2O4S2. The van der Waals surface area contributed by atoms with Crippen LogP contribution in [0.4, 0.5) is 0 Å². The molecule has 8 heteroatoms. The number of hydrogen-bond donors (Lipinski definition) is 1. The van der Waals surface area contributed by atoms with E-state index >= 15 is 0 Å². The summed E-state index contributed by atoms with van der Waals surface area (Å²) in [6, 6.07) is -0.0810. The molecule has 126 valence electrons. The molecule has 1 rings (SSSR count). The number of hydrogen-bond acceptors (Lipinski definition) is 5. The molecule has 21 heavy (non-hydrogen) atoms. The van der Waals surface area contributed by atoms with Gasteiger partial charge in [-0.3, -0.25) is 0 Å². The lowest BCUT2D eigenvalue weighted by Gasteiger charge is -2.36. The molecule has 0 aromatic rings. The molecule has 0 spiro atoms. The summed E-state index contributed by atoms with van der Waals surface area (Å²) in [5.41, 5.74) is -0.0698.